The Kier molecular flexibility index (Phi) is 5.97. The maximum atomic E-state index is 12.4. The summed E-state index contributed by atoms with van der Waals surface area (Å²) in [6, 6.07) is 30.6. The van der Waals surface area contributed by atoms with E-state index in [0.29, 0.717) is 0 Å². The number of aryl methyl sites for hydroxylation is 2. The lowest BCUT2D eigenvalue weighted by Gasteiger charge is -2.32. The van der Waals surface area contributed by atoms with Crippen LogP contribution >= 0.6 is 31.9 Å². The van der Waals surface area contributed by atoms with Gasteiger partial charge in [-0.1, -0.05) is 110 Å². The van der Waals surface area contributed by atoms with E-state index in [-0.39, 0.29) is 0 Å². The molecule has 0 unspecified atom stereocenters. The van der Waals surface area contributed by atoms with E-state index in [2.05, 4.69) is 63.9 Å². The van der Waals surface area contributed by atoms with Gasteiger partial charge in [-0.15, -0.1) is 0 Å². The van der Waals surface area contributed by atoms with E-state index in [1.165, 1.54) is 0 Å². The third-order valence-electron chi connectivity index (χ3n) is 5.47. The molecule has 0 radical (unpaired) electrons. The van der Waals surface area contributed by atoms with Crippen LogP contribution in [-0.4, -0.2) is 5.11 Å². The summed E-state index contributed by atoms with van der Waals surface area (Å²) in [5.41, 5.74) is 5.59. The molecule has 0 heterocycles. The Morgan fingerprint density at radius 3 is 1.57 bits per heavy atom. The van der Waals surface area contributed by atoms with Crippen LogP contribution in [0.1, 0.15) is 27.8 Å². The number of rotatable bonds is 4. The summed E-state index contributed by atoms with van der Waals surface area (Å²) in [4.78, 5) is 0. The first-order valence-corrected chi connectivity index (χ1v) is 11.4. The summed E-state index contributed by atoms with van der Waals surface area (Å²) in [6.07, 6.45) is 0. The quantitative estimate of drug-likeness (QED) is 0.272. The molecule has 0 aliphatic heterocycles. The number of benzene rings is 4. The monoisotopic (exact) mass is 520 g/mol. The van der Waals surface area contributed by atoms with Crippen LogP contribution in [0.15, 0.2) is 99.9 Å². The highest BCUT2D eigenvalue weighted by molar-refractivity contribution is 9.10. The number of aliphatic hydroxyl groups is 1. The molecule has 0 amide bonds. The molecule has 3 heteroatoms. The molecule has 0 saturated heterocycles. The Morgan fingerprint density at radius 1 is 0.600 bits per heavy atom. The average Bonchev–Trinajstić information content (AvgIpc) is 2.75. The van der Waals surface area contributed by atoms with Gasteiger partial charge in [-0.3, -0.25) is 0 Å². The maximum absolute atomic E-state index is 12.4. The Balaban J connectivity index is 2.02. The van der Waals surface area contributed by atoms with Crippen molar-refractivity contribution in [3.05, 3.63) is 128 Å². The molecule has 1 N–H and O–H groups in total. The van der Waals surface area contributed by atoms with Crippen molar-refractivity contribution in [1.29, 1.82) is 0 Å². The van der Waals surface area contributed by atoms with Gasteiger partial charge in [0.05, 0.1) is 0 Å². The van der Waals surface area contributed by atoms with Crippen LogP contribution < -0.4 is 0 Å². The predicted molar refractivity (Wildman–Crippen MR) is 132 cm³/mol. The van der Waals surface area contributed by atoms with Crippen molar-refractivity contribution in [2.24, 2.45) is 0 Å². The van der Waals surface area contributed by atoms with Crippen LogP contribution in [-0.2, 0) is 5.60 Å². The van der Waals surface area contributed by atoms with Gasteiger partial charge in [0.1, 0.15) is 5.60 Å². The molecule has 0 saturated carbocycles. The second kappa shape index (κ2) is 8.50. The van der Waals surface area contributed by atoms with Crippen molar-refractivity contribution < 1.29 is 5.11 Å². The maximum Gasteiger partial charge on any atom is 0.141 e. The topological polar surface area (TPSA) is 20.2 Å². The molecule has 0 atom stereocenters. The van der Waals surface area contributed by atoms with E-state index in [4.69, 9.17) is 0 Å². The predicted octanol–water partition coefficient (Wildman–Crippen LogP) is 7.78. The van der Waals surface area contributed by atoms with Gasteiger partial charge in [-0.05, 0) is 60.4 Å². The first-order chi connectivity index (χ1) is 14.4. The van der Waals surface area contributed by atoms with Gasteiger partial charge in [0.2, 0.25) is 0 Å². The summed E-state index contributed by atoms with van der Waals surface area (Å²) >= 11 is 7.14. The van der Waals surface area contributed by atoms with Gasteiger partial charge >= 0.3 is 0 Å². The summed E-state index contributed by atoms with van der Waals surface area (Å²) in [6.45, 7) is 4.11. The van der Waals surface area contributed by atoms with E-state index < -0.39 is 5.60 Å². The molecular weight excluding hydrogens is 500 g/mol. The SMILES string of the molecule is Cc1ccc(C(O)(c2ccc(C)cc2)c2cc(Br)ccc2-c2ccc(Br)cc2)cc1. The lowest BCUT2D eigenvalue weighted by molar-refractivity contribution is 0.126. The largest absolute Gasteiger partial charge is 0.376 e. The zero-order valence-corrected chi connectivity index (χ0v) is 20.0. The lowest BCUT2D eigenvalue weighted by Crippen LogP contribution is -2.29. The molecule has 4 rings (SSSR count). The number of hydrogen-bond acceptors (Lipinski definition) is 1. The minimum absolute atomic E-state index is 0.840. The minimum Gasteiger partial charge on any atom is -0.376 e. The van der Waals surface area contributed by atoms with Gasteiger partial charge < -0.3 is 5.11 Å². The molecule has 0 bridgehead atoms. The van der Waals surface area contributed by atoms with E-state index in [1.54, 1.807) is 0 Å². The molecule has 30 heavy (non-hydrogen) atoms. The van der Waals surface area contributed by atoms with Crippen molar-refractivity contribution in [2.45, 2.75) is 19.4 Å². The molecule has 4 aromatic rings. The van der Waals surface area contributed by atoms with Crippen LogP contribution in [0.5, 0.6) is 0 Å². The standard InChI is InChI=1S/C27H22Br2O/c1-18-3-9-21(10-4-18)27(30,22-11-5-19(2)6-12-22)26-17-24(29)15-16-25(26)20-7-13-23(28)14-8-20/h3-17,30H,1-2H3. The number of halogens is 2. The van der Waals surface area contributed by atoms with E-state index in [1.807, 2.05) is 72.8 Å². The molecule has 0 aliphatic carbocycles. The van der Waals surface area contributed by atoms with Crippen molar-refractivity contribution >= 4 is 31.9 Å². The van der Waals surface area contributed by atoms with Gasteiger partial charge in [-0.2, -0.15) is 0 Å². The summed E-state index contributed by atoms with van der Waals surface area (Å²) in [5.74, 6) is 0. The molecular formula is C27H22Br2O. The third kappa shape index (κ3) is 4.02. The van der Waals surface area contributed by atoms with Gasteiger partial charge in [0, 0.05) is 14.5 Å². The summed E-state index contributed by atoms with van der Waals surface area (Å²) in [5, 5.41) is 12.4. The van der Waals surface area contributed by atoms with Crippen LogP contribution in [0.3, 0.4) is 0 Å². The number of hydrogen-bond donors (Lipinski definition) is 1. The Hall–Kier alpha value is -2.20. The summed E-state index contributed by atoms with van der Waals surface area (Å²) < 4.78 is 1.95. The van der Waals surface area contributed by atoms with Gasteiger partial charge in [-0.25, -0.2) is 0 Å². The van der Waals surface area contributed by atoms with Crippen molar-refractivity contribution in [1.82, 2.24) is 0 Å². The highest BCUT2D eigenvalue weighted by Gasteiger charge is 2.36. The third-order valence-corrected chi connectivity index (χ3v) is 6.49. The van der Waals surface area contributed by atoms with Crippen molar-refractivity contribution in [3.63, 3.8) is 0 Å². The Labute approximate surface area is 194 Å². The molecule has 0 spiro atoms. The fourth-order valence-electron chi connectivity index (χ4n) is 3.76. The van der Waals surface area contributed by atoms with Crippen molar-refractivity contribution in [3.8, 4) is 11.1 Å². The fourth-order valence-corrected chi connectivity index (χ4v) is 4.39. The zero-order valence-electron chi connectivity index (χ0n) is 16.9. The normalized spacial score (nSPS) is 11.5. The lowest BCUT2D eigenvalue weighted by atomic mass is 9.77. The second-order valence-corrected chi connectivity index (χ2v) is 9.47. The highest BCUT2D eigenvalue weighted by Crippen LogP contribution is 2.43. The first kappa shape index (κ1) is 21.0. The van der Waals surface area contributed by atoms with Crippen LogP contribution in [0.25, 0.3) is 11.1 Å². The Bertz CT molecular complexity index is 1120. The molecule has 150 valence electrons. The van der Waals surface area contributed by atoms with Crippen LogP contribution in [0, 0.1) is 13.8 Å². The van der Waals surface area contributed by atoms with E-state index in [0.717, 1.165) is 47.9 Å². The summed E-state index contributed by atoms with van der Waals surface area (Å²) in [7, 11) is 0. The van der Waals surface area contributed by atoms with Crippen LogP contribution in [0.4, 0.5) is 0 Å². The average molecular weight is 522 g/mol. The van der Waals surface area contributed by atoms with E-state index in [9.17, 15) is 5.11 Å². The molecule has 0 fully saturated rings. The minimum atomic E-state index is -1.30. The van der Waals surface area contributed by atoms with Gasteiger partial charge in [0.25, 0.3) is 0 Å². The van der Waals surface area contributed by atoms with Crippen LogP contribution in [0.2, 0.25) is 0 Å². The Morgan fingerprint density at radius 2 is 1.07 bits per heavy atom. The molecule has 4 aromatic carbocycles. The van der Waals surface area contributed by atoms with Gasteiger partial charge in [0.15, 0.2) is 0 Å². The smallest absolute Gasteiger partial charge is 0.141 e. The second-order valence-electron chi connectivity index (χ2n) is 7.64. The van der Waals surface area contributed by atoms with Crippen molar-refractivity contribution in [2.75, 3.05) is 0 Å². The fraction of sp³-hybridized carbons (Fsp3) is 0.111. The molecule has 1 nitrogen and oxygen atoms in total. The first-order valence-electron chi connectivity index (χ1n) is 9.80. The van der Waals surface area contributed by atoms with E-state index >= 15 is 0 Å². The highest BCUT2D eigenvalue weighted by atomic mass is 79.9. The molecule has 0 aromatic heterocycles. The molecule has 0 aliphatic rings. The zero-order chi connectivity index (χ0) is 21.3.